The van der Waals surface area contributed by atoms with Gasteiger partial charge in [0.05, 0.1) is 17.4 Å². The first-order chi connectivity index (χ1) is 11.7. The molecule has 0 spiro atoms. The van der Waals surface area contributed by atoms with Crippen molar-refractivity contribution >= 4 is 22.5 Å². The summed E-state index contributed by atoms with van der Waals surface area (Å²) >= 11 is 0. The molecule has 24 heavy (non-hydrogen) atoms. The number of fused-ring (bicyclic) bond motifs is 1. The van der Waals surface area contributed by atoms with Crippen molar-refractivity contribution in [3.8, 4) is 0 Å². The number of unbranched alkanes of at least 4 members (excludes halogenated alkanes) is 2. The van der Waals surface area contributed by atoms with E-state index in [9.17, 15) is 4.79 Å². The van der Waals surface area contributed by atoms with Gasteiger partial charge in [0.1, 0.15) is 0 Å². The summed E-state index contributed by atoms with van der Waals surface area (Å²) in [6.07, 6.45) is 12.0. The molecule has 1 N–H and O–H groups in total. The molecule has 1 heterocycles. The molecular formula is C21H28N2O. The van der Waals surface area contributed by atoms with Crippen LogP contribution in [0.4, 0.5) is 5.69 Å². The molecule has 0 atom stereocenters. The van der Waals surface area contributed by atoms with Crippen LogP contribution in [0.2, 0.25) is 0 Å². The second-order valence-electron chi connectivity index (χ2n) is 7.17. The van der Waals surface area contributed by atoms with Gasteiger partial charge in [-0.25, -0.2) is 0 Å². The van der Waals surface area contributed by atoms with E-state index in [1.807, 2.05) is 30.3 Å². The highest BCUT2D eigenvalue weighted by atomic mass is 16.2. The predicted octanol–water partition coefficient (Wildman–Crippen LogP) is 5.70. The summed E-state index contributed by atoms with van der Waals surface area (Å²) < 4.78 is 0. The highest BCUT2D eigenvalue weighted by Crippen LogP contribution is 2.41. The van der Waals surface area contributed by atoms with E-state index in [2.05, 4.69) is 17.2 Å². The number of amides is 1. The number of aromatic nitrogens is 1. The molecule has 0 radical (unpaired) electrons. The quantitative estimate of drug-likeness (QED) is 0.692. The highest BCUT2D eigenvalue weighted by Gasteiger charge is 2.38. The van der Waals surface area contributed by atoms with Crippen molar-refractivity contribution in [2.75, 3.05) is 5.32 Å². The minimum absolute atomic E-state index is 0.168. The Morgan fingerprint density at radius 2 is 1.96 bits per heavy atom. The number of hydrogen-bond acceptors (Lipinski definition) is 2. The van der Waals surface area contributed by atoms with Gasteiger partial charge in [0.15, 0.2) is 0 Å². The number of carbonyl (C=O) groups is 1. The fraction of sp³-hybridized carbons (Fsp3) is 0.524. The molecule has 0 bridgehead atoms. The Hall–Kier alpha value is -1.90. The standard InChI is InChI=1S/C21H28N2O/c1-2-3-7-12-21(13-8-4-9-14-21)20(24)23-18-15-17-10-5-6-11-19(17)22-16-18/h5-6,10-11,15-16H,2-4,7-9,12-14H2,1H3,(H,23,24). The number of pyridine rings is 1. The molecule has 0 aliphatic heterocycles. The molecule has 1 aliphatic carbocycles. The monoisotopic (exact) mass is 324 g/mol. The molecule has 1 aromatic carbocycles. The normalized spacial score (nSPS) is 16.9. The first kappa shape index (κ1) is 16.9. The molecule has 2 aromatic rings. The zero-order valence-corrected chi connectivity index (χ0v) is 14.7. The third-order valence-corrected chi connectivity index (χ3v) is 5.40. The molecule has 1 fully saturated rings. The maximum atomic E-state index is 13.1. The number of anilines is 1. The fourth-order valence-electron chi connectivity index (χ4n) is 3.94. The summed E-state index contributed by atoms with van der Waals surface area (Å²) in [4.78, 5) is 17.5. The molecule has 0 unspecified atom stereocenters. The van der Waals surface area contributed by atoms with E-state index in [1.165, 1.54) is 32.1 Å². The molecular weight excluding hydrogens is 296 g/mol. The van der Waals surface area contributed by atoms with Gasteiger partial charge in [-0.05, 0) is 31.4 Å². The van der Waals surface area contributed by atoms with Crippen molar-refractivity contribution < 1.29 is 4.79 Å². The van der Waals surface area contributed by atoms with Gasteiger partial charge < -0.3 is 5.32 Å². The van der Waals surface area contributed by atoms with Crippen LogP contribution in [0.3, 0.4) is 0 Å². The second kappa shape index (κ2) is 7.78. The smallest absolute Gasteiger partial charge is 0.230 e. The van der Waals surface area contributed by atoms with Crippen LogP contribution in [0.5, 0.6) is 0 Å². The maximum Gasteiger partial charge on any atom is 0.230 e. The third-order valence-electron chi connectivity index (χ3n) is 5.40. The summed E-state index contributed by atoms with van der Waals surface area (Å²) in [5.41, 5.74) is 1.61. The van der Waals surface area contributed by atoms with E-state index >= 15 is 0 Å². The minimum Gasteiger partial charge on any atom is -0.324 e. The van der Waals surface area contributed by atoms with Crippen LogP contribution in [0.25, 0.3) is 10.9 Å². The van der Waals surface area contributed by atoms with E-state index in [-0.39, 0.29) is 11.3 Å². The van der Waals surface area contributed by atoms with Crippen LogP contribution < -0.4 is 5.32 Å². The van der Waals surface area contributed by atoms with Gasteiger partial charge in [-0.2, -0.15) is 0 Å². The van der Waals surface area contributed by atoms with Gasteiger partial charge in [-0.3, -0.25) is 9.78 Å². The third kappa shape index (κ3) is 3.77. The number of para-hydroxylation sites is 1. The van der Waals surface area contributed by atoms with Crippen LogP contribution in [-0.4, -0.2) is 10.9 Å². The van der Waals surface area contributed by atoms with Gasteiger partial charge in [0, 0.05) is 10.8 Å². The lowest BCUT2D eigenvalue weighted by molar-refractivity contribution is -0.128. The first-order valence-corrected chi connectivity index (χ1v) is 9.40. The van der Waals surface area contributed by atoms with E-state index < -0.39 is 0 Å². The van der Waals surface area contributed by atoms with E-state index in [1.54, 1.807) is 6.20 Å². The summed E-state index contributed by atoms with van der Waals surface area (Å²) in [7, 11) is 0. The Labute approximate surface area is 144 Å². The van der Waals surface area contributed by atoms with Crippen LogP contribution >= 0.6 is 0 Å². The highest BCUT2D eigenvalue weighted by molar-refractivity contribution is 5.96. The molecule has 3 rings (SSSR count). The van der Waals surface area contributed by atoms with Crippen molar-refractivity contribution in [3.63, 3.8) is 0 Å². The van der Waals surface area contributed by atoms with Crippen molar-refractivity contribution in [3.05, 3.63) is 36.5 Å². The zero-order chi connectivity index (χ0) is 16.8. The predicted molar refractivity (Wildman–Crippen MR) is 100 cm³/mol. The van der Waals surface area contributed by atoms with Gasteiger partial charge >= 0.3 is 0 Å². The number of nitrogens with one attached hydrogen (secondary N) is 1. The van der Waals surface area contributed by atoms with Crippen LogP contribution in [0.1, 0.15) is 64.7 Å². The second-order valence-corrected chi connectivity index (χ2v) is 7.17. The SMILES string of the molecule is CCCCCC1(C(=O)Nc2cnc3ccccc3c2)CCCCC1. The molecule has 128 valence electrons. The van der Waals surface area contributed by atoms with Crippen LogP contribution in [0.15, 0.2) is 36.5 Å². The maximum absolute atomic E-state index is 13.1. The number of benzene rings is 1. The van der Waals surface area contributed by atoms with Gasteiger partial charge in [-0.1, -0.05) is 63.6 Å². The Bertz CT molecular complexity index is 689. The molecule has 1 aromatic heterocycles. The summed E-state index contributed by atoms with van der Waals surface area (Å²) in [5, 5.41) is 4.24. The molecule has 3 heteroatoms. The number of carbonyl (C=O) groups excluding carboxylic acids is 1. The Morgan fingerprint density at radius 1 is 1.17 bits per heavy atom. The van der Waals surface area contributed by atoms with Crippen molar-refractivity contribution in [1.29, 1.82) is 0 Å². The molecule has 0 saturated heterocycles. The zero-order valence-electron chi connectivity index (χ0n) is 14.7. The van der Waals surface area contributed by atoms with Crippen molar-refractivity contribution in [2.24, 2.45) is 5.41 Å². The Balaban J connectivity index is 1.76. The summed E-state index contributed by atoms with van der Waals surface area (Å²) in [6.45, 7) is 2.22. The lowest BCUT2D eigenvalue weighted by atomic mass is 9.70. The number of hydrogen-bond donors (Lipinski definition) is 1. The minimum atomic E-state index is -0.168. The van der Waals surface area contributed by atoms with Crippen LogP contribution in [0, 0.1) is 5.41 Å². The van der Waals surface area contributed by atoms with E-state index in [0.717, 1.165) is 42.3 Å². The van der Waals surface area contributed by atoms with Crippen LogP contribution in [-0.2, 0) is 4.79 Å². The van der Waals surface area contributed by atoms with Gasteiger partial charge in [0.2, 0.25) is 5.91 Å². The molecule has 1 amide bonds. The molecule has 1 aliphatic rings. The lowest BCUT2D eigenvalue weighted by Crippen LogP contribution is -2.38. The molecule has 3 nitrogen and oxygen atoms in total. The van der Waals surface area contributed by atoms with E-state index in [0.29, 0.717) is 0 Å². The average Bonchev–Trinajstić information content (AvgIpc) is 2.62. The average molecular weight is 324 g/mol. The van der Waals surface area contributed by atoms with Crippen molar-refractivity contribution in [2.45, 2.75) is 64.7 Å². The number of nitrogens with zero attached hydrogens (tertiary/aromatic N) is 1. The Kier molecular flexibility index (Phi) is 5.49. The van der Waals surface area contributed by atoms with E-state index in [4.69, 9.17) is 0 Å². The summed E-state index contributed by atoms with van der Waals surface area (Å²) in [5.74, 6) is 0.204. The molecule has 1 saturated carbocycles. The van der Waals surface area contributed by atoms with Gasteiger partial charge in [-0.15, -0.1) is 0 Å². The summed E-state index contributed by atoms with van der Waals surface area (Å²) in [6, 6.07) is 10.0. The van der Waals surface area contributed by atoms with Crippen molar-refractivity contribution in [1.82, 2.24) is 4.98 Å². The Morgan fingerprint density at radius 3 is 2.75 bits per heavy atom. The van der Waals surface area contributed by atoms with Gasteiger partial charge in [0.25, 0.3) is 0 Å². The topological polar surface area (TPSA) is 42.0 Å². The number of rotatable bonds is 6. The first-order valence-electron chi connectivity index (χ1n) is 9.40. The lowest BCUT2D eigenvalue weighted by Gasteiger charge is -2.36. The fourth-order valence-corrected chi connectivity index (χ4v) is 3.94. The largest absolute Gasteiger partial charge is 0.324 e.